The Morgan fingerprint density at radius 2 is 1.84 bits per heavy atom. The highest BCUT2D eigenvalue weighted by molar-refractivity contribution is 5.76. The van der Waals surface area contributed by atoms with Crippen molar-refractivity contribution in [2.75, 3.05) is 13.6 Å². The van der Waals surface area contributed by atoms with E-state index in [1.54, 1.807) is 0 Å². The maximum atomic E-state index is 12.1. The van der Waals surface area contributed by atoms with Crippen LogP contribution in [-0.4, -0.2) is 29.9 Å². The summed E-state index contributed by atoms with van der Waals surface area (Å²) in [4.78, 5) is 13.9. The average Bonchev–Trinajstić information content (AvgIpc) is 2.36. The first-order valence-corrected chi connectivity index (χ1v) is 6.87. The summed E-state index contributed by atoms with van der Waals surface area (Å²) in [7, 11) is 1.87. The van der Waals surface area contributed by atoms with Crippen molar-refractivity contribution in [1.82, 2.24) is 10.2 Å². The van der Waals surface area contributed by atoms with Crippen LogP contribution in [0.1, 0.15) is 45.7 Å². The lowest BCUT2D eigenvalue weighted by molar-refractivity contribution is -0.131. The van der Waals surface area contributed by atoms with Gasteiger partial charge in [-0.1, -0.05) is 30.3 Å². The third-order valence-corrected chi connectivity index (χ3v) is 3.25. The molecule has 1 amide bonds. The van der Waals surface area contributed by atoms with Crippen LogP contribution < -0.4 is 5.32 Å². The first-order chi connectivity index (χ1) is 8.81. The highest BCUT2D eigenvalue weighted by atomic mass is 16.2. The largest absolute Gasteiger partial charge is 0.339 e. The van der Waals surface area contributed by atoms with Crippen LogP contribution in [0, 0.1) is 0 Å². The van der Waals surface area contributed by atoms with E-state index in [0.29, 0.717) is 13.0 Å². The fraction of sp³-hybridized carbons (Fsp3) is 0.562. The summed E-state index contributed by atoms with van der Waals surface area (Å²) in [5, 5.41) is 3.34. The quantitative estimate of drug-likeness (QED) is 0.884. The molecule has 0 aliphatic heterocycles. The molecule has 19 heavy (non-hydrogen) atoms. The number of carbonyl (C=O) groups excluding carboxylic acids is 1. The monoisotopic (exact) mass is 262 g/mol. The van der Waals surface area contributed by atoms with Gasteiger partial charge in [0.15, 0.2) is 0 Å². The molecule has 0 aliphatic carbocycles. The number of hydrogen-bond acceptors (Lipinski definition) is 2. The third-order valence-electron chi connectivity index (χ3n) is 3.25. The summed E-state index contributed by atoms with van der Waals surface area (Å²) in [6.07, 6.45) is 0.533. The van der Waals surface area contributed by atoms with E-state index in [2.05, 4.69) is 45.1 Å². The Morgan fingerprint density at radius 1 is 1.26 bits per heavy atom. The topological polar surface area (TPSA) is 32.3 Å². The van der Waals surface area contributed by atoms with Crippen molar-refractivity contribution in [2.24, 2.45) is 0 Å². The minimum atomic E-state index is 0.0594. The molecule has 1 N–H and O–H groups in total. The summed E-state index contributed by atoms with van der Waals surface area (Å²) < 4.78 is 0. The van der Waals surface area contributed by atoms with Crippen LogP contribution in [0.3, 0.4) is 0 Å². The van der Waals surface area contributed by atoms with E-state index < -0.39 is 0 Å². The van der Waals surface area contributed by atoms with Crippen molar-refractivity contribution in [3.63, 3.8) is 0 Å². The highest BCUT2D eigenvalue weighted by Crippen LogP contribution is 2.18. The lowest BCUT2D eigenvalue weighted by atomic mass is 10.1. The van der Waals surface area contributed by atoms with Gasteiger partial charge < -0.3 is 10.2 Å². The molecule has 1 aromatic rings. The van der Waals surface area contributed by atoms with E-state index in [9.17, 15) is 4.79 Å². The lowest BCUT2D eigenvalue weighted by Gasteiger charge is -2.26. The maximum absolute atomic E-state index is 12.1. The number of amides is 1. The first kappa shape index (κ1) is 15.7. The molecule has 1 unspecified atom stereocenters. The predicted molar refractivity (Wildman–Crippen MR) is 80.0 cm³/mol. The van der Waals surface area contributed by atoms with Gasteiger partial charge in [-0.05, 0) is 33.3 Å². The van der Waals surface area contributed by atoms with Gasteiger partial charge in [0.1, 0.15) is 0 Å². The molecule has 1 rings (SSSR count). The Kier molecular flexibility index (Phi) is 5.55. The predicted octanol–water partition coefficient (Wildman–Crippen LogP) is 2.98. The molecule has 0 heterocycles. The van der Waals surface area contributed by atoms with Gasteiger partial charge in [-0.25, -0.2) is 0 Å². The van der Waals surface area contributed by atoms with E-state index in [1.165, 1.54) is 5.56 Å². The molecular formula is C16H26N2O. The van der Waals surface area contributed by atoms with Gasteiger partial charge in [0.05, 0.1) is 6.04 Å². The smallest absolute Gasteiger partial charge is 0.224 e. The Balaban J connectivity index is 2.48. The van der Waals surface area contributed by atoms with E-state index in [-0.39, 0.29) is 17.5 Å². The molecule has 0 saturated heterocycles. The molecule has 3 nitrogen and oxygen atoms in total. The van der Waals surface area contributed by atoms with Crippen molar-refractivity contribution in [3.05, 3.63) is 35.9 Å². The molecule has 0 saturated carbocycles. The number of carbonyl (C=O) groups is 1. The Morgan fingerprint density at radius 3 is 2.37 bits per heavy atom. The van der Waals surface area contributed by atoms with Crippen LogP contribution in [0.15, 0.2) is 30.3 Å². The van der Waals surface area contributed by atoms with Gasteiger partial charge in [-0.3, -0.25) is 4.79 Å². The van der Waals surface area contributed by atoms with Crippen LogP contribution in [0.4, 0.5) is 0 Å². The van der Waals surface area contributed by atoms with Crippen molar-refractivity contribution < 1.29 is 4.79 Å². The fourth-order valence-corrected chi connectivity index (χ4v) is 1.89. The normalized spacial score (nSPS) is 13.1. The van der Waals surface area contributed by atoms with Gasteiger partial charge in [-0.2, -0.15) is 0 Å². The summed E-state index contributed by atoms with van der Waals surface area (Å²) in [6.45, 7) is 9.09. The number of rotatable bonds is 5. The number of hydrogen-bond donors (Lipinski definition) is 1. The summed E-state index contributed by atoms with van der Waals surface area (Å²) >= 11 is 0. The van der Waals surface area contributed by atoms with Gasteiger partial charge in [0.25, 0.3) is 0 Å². The molecular weight excluding hydrogens is 236 g/mol. The van der Waals surface area contributed by atoms with E-state index in [4.69, 9.17) is 0 Å². The lowest BCUT2D eigenvalue weighted by Crippen LogP contribution is -2.39. The van der Waals surface area contributed by atoms with Gasteiger partial charge in [0.2, 0.25) is 5.91 Å². The van der Waals surface area contributed by atoms with E-state index in [1.807, 2.05) is 30.1 Å². The number of nitrogens with one attached hydrogen (secondary N) is 1. The molecule has 106 valence electrons. The third kappa shape index (κ3) is 5.43. The fourth-order valence-electron chi connectivity index (χ4n) is 1.89. The number of nitrogens with zero attached hydrogens (tertiary/aromatic N) is 1. The molecule has 0 bridgehead atoms. The van der Waals surface area contributed by atoms with Crippen LogP contribution in [0.5, 0.6) is 0 Å². The van der Waals surface area contributed by atoms with Gasteiger partial charge >= 0.3 is 0 Å². The zero-order valence-corrected chi connectivity index (χ0v) is 12.7. The second-order valence-corrected chi connectivity index (χ2v) is 6.02. The van der Waals surface area contributed by atoms with Crippen LogP contribution in [-0.2, 0) is 4.79 Å². The van der Waals surface area contributed by atoms with E-state index >= 15 is 0 Å². The van der Waals surface area contributed by atoms with Crippen molar-refractivity contribution in [1.29, 1.82) is 0 Å². The Labute approximate surface area is 117 Å². The molecule has 3 heteroatoms. The standard InChI is InChI=1S/C16H26N2O/c1-13(14-9-7-6-8-10-14)18(5)15(19)11-12-17-16(2,3)4/h6-10,13,17H,11-12H2,1-5H3. The maximum Gasteiger partial charge on any atom is 0.224 e. The summed E-state index contributed by atoms with van der Waals surface area (Å²) in [6, 6.07) is 10.2. The first-order valence-electron chi connectivity index (χ1n) is 6.87. The second-order valence-electron chi connectivity index (χ2n) is 6.02. The SMILES string of the molecule is CC(c1ccccc1)N(C)C(=O)CCNC(C)(C)C. The second kappa shape index (κ2) is 6.71. The van der Waals surface area contributed by atoms with Crippen LogP contribution in [0.25, 0.3) is 0 Å². The Hall–Kier alpha value is -1.35. The average molecular weight is 262 g/mol. The Bertz CT molecular complexity index is 395. The molecule has 0 radical (unpaired) electrons. The molecule has 0 spiro atoms. The summed E-state index contributed by atoms with van der Waals surface area (Å²) in [5.74, 6) is 0.174. The molecule has 1 aromatic carbocycles. The molecule has 0 aliphatic rings. The minimum Gasteiger partial charge on any atom is -0.339 e. The zero-order valence-electron chi connectivity index (χ0n) is 12.7. The van der Waals surface area contributed by atoms with E-state index in [0.717, 1.165) is 0 Å². The zero-order chi connectivity index (χ0) is 14.5. The minimum absolute atomic E-state index is 0.0594. The number of benzene rings is 1. The summed E-state index contributed by atoms with van der Waals surface area (Å²) in [5.41, 5.74) is 1.23. The van der Waals surface area contributed by atoms with Crippen molar-refractivity contribution in [2.45, 2.75) is 45.7 Å². The van der Waals surface area contributed by atoms with Gasteiger partial charge in [-0.15, -0.1) is 0 Å². The van der Waals surface area contributed by atoms with Crippen LogP contribution in [0.2, 0.25) is 0 Å². The van der Waals surface area contributed by atoms with Crippen molar-refractivity contribution >= 4 is 5.91 Å². The van der Waals surface area contributed by atoms with Crippen LogP contribution >= 0.6 is 0 Å². The highest BCUT2D eigenvalue weighted by Gasteiger charge is 2.17. The molecule has 1 atom stereocenters. The van der Waals surface area contributed by atoms with Crippen molar-refractivity contribution in [3.8, 4) is 0 Å². The molecule has 0 aromatic heterocycles. The van der Waals surface area contributed by atoms with Gasteiger partial charge in [0, 0.05) is 25.6 Å². The molecule has 0 fully saturated rings.